The first-order valence-electron chi connectivity index (χ1n) is 10.5. The van der Waals surface area contributed by atoms with Crippen LogP contribution < -0.4 is 0 Å². The maximum atomic E-state index is 14.5. The molecule has 2 aliphatic heterocycles. The fraction of sp³-hybridized carbons (Fsp3) is 0.440. The van der Waals surface area contributed by atoms with Crippen molar-refractivity contribution in [3.05, 3.63) is 58.4 Å². The van der Waals surface area contributed by atoms with Gasteiger partial charge in [-0.3, -0.25) is 9.59 Å². The molecule has 4 atom stereocenters. The quantitative estimate of drug-likeness (QED) is 0.607. The summed E-state index contributed by atoms with van der Waals surface area (Å²) in [5.74, 6) is -2.10. The number of hydrogen-bond acceptors (Lipinski definition) is 3. The second kappa shape index (κ2) is 6.48. The van der Waals surface area contributed by atoms with Crippen molar-refractivity contribution in [2.24, 2.45) is 11.8 Å². The van der Waals surface area contributed by atoms with Crippen molar-refractivity contribution >= 4 is 23.2 Å². The Hall–Kier alpha value is -2.04. The summed E-state index contributed by atoms with van der Waals surface area (Å²) < 4.78 is 20.8. The van der Waals surface area contributed by atoms with Gasteiger partial charge in [-0.25, -0.2) is 4.39 Å². The van der Waals surface area contributed by atoms with Gasteiger partial charge in [0.05, 0.1) is 23.0 Å². The normalized spacial score (nSPS) is 34.6. The second-order valence-corrected chi connectivity index (χ2v) is 9.75. The predicted molar refractivity (Wildman–Crippen MR) is 113 cm³/mol. The van der Waals surface area contributed by atoms with Crippen LogP contribution in [0.4, 0.5) is 4.39 Å². The number of benzene rings is 2. The Morgan fingerprint density at radius 3 is 2.23 bits per heavy atom. The largest absolute Gasteiger partial charge is 0.368 e. The SMILES string of the molecule is CCc1ccc(-c2ccc(Cl)cc2F)cc1C1C(=O)C2C(C1=O)C1(C)CCC2(C)O1. The Morgan fingerprint density at radius 2 is 1.67 bits per heavy atom. The molecular formula is C25H24ClFO3. The van der Waals surface area contributed by atoms with E-state index in [0.29, 0.717) is 28.1 Å². The lowest BCUT2D eigenvalue weighted by atomic mass is 9.69. The average molecular weight is 427 g/mol. The number of aryl methyl sites for hydroxylation is 1. The van der Waals surface area contributed by atoms with Crippen LogP contribution in [0.2, 0.25) is 5.02 Å². The van der Waals surface area contributed by atoms with Gasteiger partial charge in [0.25, 0.3) is 0 Å². The van der Waals surface area contributed by atoms with Gasteiger partial charge in [-0.15, -0.1) is 0 Å². The zero-order chi connectivity index (χ0) is 21.4. The molecule has 0 N–H and O–H groups in total. The van der Waals surface area contributed by atoms with Gasteiger partial charge in [0.1, 0.15) is 11.7 Å². The molecule has 5 heteroatoms. The molecule has 5 rings (SSSR count). The smallest absolute Gasteiger partial charge is 0.154 e. The number of carbonyl (C=O) groups is 2. The lowest BCUT2D eigenvalue weighted by Gasteiger charge is -2.28. The minimum atomic E-state index is -0.800. The van der Waals surface area contributed by atoms with Gasteiger partial charge < -0.3 is 4.74 Å². The highest BCUT2D eigenvalue weighted by Gasteiger charge is 2.72. The Bertz CT molecular complexity index is 1060. The van der Waals surface area contributed by atoms with Crippen LogP contribution in [0.5, 0.6) is 0 Å². The van der Waals surface area contributed by atoms with Crippen LogP contribution in [-0.4, -0.2) is 22.8 Å². The van der Waals surface area contributed by atoms with Gasteiger partial charge in [0.15, 0.2) is 11.6 Å². The molecule has 156 valence electrons. The van der Waals surface area contributed by atoms with Crippen molar-refractivity contribution in [3.63, 3.8) is 0 Å². The van der Waals surface area contributed by atoms with E-state index in [1.165, 1.54) is 6.07 Å². The third-order valence-corrected chi connectivity index (χ3v) is 7.73. The van der Waals surface area contributed by atoms with Crippen LogP contribution in [0.1, 0.15) is 50.7 Å². The van der Waals surface area contributed by atoms with E-state index in [1.54, 1.807) is 12.1 Å². The summed E-state index contributed by atoms with van der Waals surface area (Å²) in [5, 5.41) is 0.326. The molecule has 2 saturated heterocycles. The van der Waals surface area contributed by atoms with Crippen molar-refractivity contribution in [1.82, 2.24) is 0 Å². The molecule has 3 aliphatic rings. The predicted octanol–water partition coefficient (Wildman–Crippen LogP) is 5.52. The van der Waals surface area contributed by atoms with Crippen LogP contribution in [0.3, 0.4) is 0 Å². The highest BCUT2D eigenvalue weighted by molar-refractivity contribution is 6.30. The fourth-order valence-electron chi connectivity index (χ4n) is 6.09. The number of ether oxygens (including phenoxy) is 1. The van der Waals surface area contributed by atoms with Crippen molar-refractivity contribution < 1.29 is 18.7 Å². The minimum Gasteiger partial charge on any atom is -0.368 e. The van der Waals surface area contributed by atoms with E-state index in [0.717, 1.165) is 18.4 Å². The molecule has 3 nitrogen and oxygen atoms in total. The summed E-state index contributed by atoms with van der Waals surface area (Å²) in [6.45, 7) is 5.94. The van der Waals surface area contributed by atoms with E-state index in [9.17, 15) is 14.0 Å². The number of carbonyl (C=O) groups excluding carboxylic acids is 2. The molecule has 0 spiro atoms. The highest BCUT2D eigenvalue weighted by atomic mass is 35.5. The number of rotatable bonds is 3. The summed E-state index contributed by atoms with van der Waals surface area (Å²) in [5.41, 5.74) is 1.58. The summed E-state index contributed by atoms with van der Waals surface area (Å²) in [4.78, 5) is 27.1. The summed E-state index contributed by atoms with van der Waals surface area (Å²) in [6.07, 6.45) is 2.29. The molecule has 0 amide bonds. The summed E-state index contributed by atoms with van der Waals surface area (Å²) >= 11 is 5.90. The number of Topliss-reactive ketones (excluding diaryl/α,β-unsaturated/α-hetero) is 2. The number of ketones is 2. The van der Waals surface area contributed by atoms with E-state index in [-0.39, 0.29) is 11.6 Å². The van der Waals surface area contributed by atoms with Gasteiger partial charge in [-0.05, 0) is 74.1 Å². The Kier molecular flexibility index (Phi) is 4.30. The van der Waals surface area contributed by atoms with Gasteiger partial charge in [-0.2, -0.15) is 0 Å². The Balaban J connectivity index is 1.62. The zero-order valence-electron chi connectivity index (χ0n) is 17.3. The first kappa shape index (κ1) is 19.9. The molecule has 1 aliphatic carbocycles. The third kappa shape index (κ3) is 2.59. The Morgan fingerprint density at radius 1 is 1.03 bits per heavy atom. The van der Waals surface area contributed by atoms with Gasteiger partial charge in [0, 0.05) is 10.6 Å². The molecule has 2 aromatic rings. The lowest BCUT2D eigenvalue weighted by molar-refractivity contribution is -0.132. The Labute approximate surface area is 180 Å². The van der Waals surface area contributed by atoms with E-state index < -0.39 is 34.8 Å². The third-order valence-electron chi connectivity index (χ3n) is 7.50. The molecule has 2 aromatic carbocycles. The van der Waals surface area contributed by atoms with Gasteiger partial charge >= 0.3 is 0 Å². The van der Waals surface area contributed by atoms with Crippen LogP contribution >= 0.6 is 11.6 Å². The zero-order valence-corrected chi connectivity index (χ0v) is 18.1. The molecule has 2 bridgehead atoms. The number of fused-ring (bicyclic) bond motifs is 5. The van der Waals surface area contributed by atoms with Crippen molar-refractivity contribution in [3.8, 4) is 11.1 Å². The molecule has 3 fully saturated rings. The van der Waals surface area contributed by atoms with E-state index in [4.69, 9.17) is 16.3 Å². The highest BCUT2D eigenvalue weighted by Crippen LogP contribution is 2.62. The monoisotopic (exact) mass is 426 g/mol. The van der Waals surface area contributed by atoms with E-state index in [1.807, 2.05) is 39.0 Å². The maximum absolute atomic E-state index is 14.5. The average Bonchev–Trinajstić information content (AvgIpc) is 3.25. The lowest BCUT2D eigenvalue weighted by Crippen LogP contribution is -2.40. The van der Waals surface area contributed by atoms with Crippen LogP contribution in [-0.2, 0) is 20.7 Å². The molecule has 0 radical (unpaired) electrons. The minimum absolute atomic E-state index is 0.0423. The van der Waals surface area contributed by atoms with Crippen LogP contribution in [0.25, 0.3) is 11.1 Å². The first-order valence-corrected chi connectivity index (χ1v) is 10.9. The molecule has 1 saturated carbocycles. The molecule has 4 unspecified atom stereocenters. The first-order chi connectivity index (χ1) is 14.2. The standard InChI is InChI=1S/C25H24ClFO3/c1-4-13-5-6-14(16-8-7-15(26)12-18(16)27)11-17(13)19-22(28)20-21(23(19)29)25(3)10-9-24(20,2)30-25/h5-8,11-12,19-21H,4,9-10H2,1-3H3. The van der Waals surface area contributed by atoms with Crippen LogP contribution in [0, 0.1) is 17.7 Å². The van der Waals surface area contributed by atoms with Crippen molar-refractivity contribution in [1.29, 1.82) is 0 Å². The maximum Gasteiger partial charge on any atom is 0.154 e. The van der Waals surface area contributed by atoms with Crippen molar-refractivity contribution in [2.45, 2.75) is 57.2 Å². The second-order valence-electron chi connectivity index (χ2n) is 9.31. The van der Waals surface area contributed by atoms with E-state index in [2.05, 4.69) is 0 Å². The molecule has 0 aromatic heterocycles. The summed E-state index contributed by atoms with van der Waals surface area (Å²) in [6, 6.07) is 10.1. The van der Waals surface area contributed by atoms with Gasteiger partial charge in [-0.1, -0.05) is 30.7 Å². The van der Waals surface area contributed by atoms with Crippen LogP contribution in [0.15, 0.2) is 36.4 Å². The molecule has 30 heavy (non-hydrogen) atoms. The van der Waals surface area contributed by atoms with E-state index >= 15 is 0 Å². The van der Waals surface area contributed by atoms with Crippen molar-refractivity contribution in [2.75, 3.05) is 0 Å². The topological polar surface area (TPSA) is 43.4 Å². The number of hydrogen-bond donors (Lipinski definition) is 0. The molecular weight excluding hydrogens is 403 g/mol. The fourth-order valence-corrected chi connectivity index (χ4v) is 6.25. The summed E-state index contributed by atoms with van der Waals surface area (Å²) in [7, 11) is 0. The number of halogens is 2. The molecule has 2 heterocycles. The van der Waals surface area contributed by atoms with Gasteiger partial charge in [0.2, 0.25) is 0 Å².